The van der Waals surface area contributed by atoms with Gasteiger partial charge in [-0.25, -0.2) is 0 Å². The summed E-state index contributed by atoms with van der Waals surface area (Å²) in [7, 11) is 0. The van der Waals surface area contributed by atoms with Gasteiger partial charge >= 0.3 is 0 Å². The lowest BCUT2D eigenvalue weighted by molar-refractivity contribution is 0.0416. The second-order valence-electron chi connectivity index (χ2n) is 2.89. The summed E-state index contributed by atoms with van der Waals surface area (Å²) in [6.07, 6.45) is 0. The highest BCUT2D eigenvalue weighted by Crippen LogP contribution is 2.12. The van der Waals surface area contributed by atoms with Crippen LogP contribution in [0.25, 0.3) is 0 Å². The SMILES string of the molecule is CC(C)=C(F)N1CCOCC1. The van der Waals surface area contributed by atoms with Crippen LogP contribution in [0.15, 0.2) is 11.5 Å². The number of morpholine rings is 1. The monoisotopic (exact) mass is 159 g/mol. The van der Waals surface area contributed by atoms with Crippen LogP contribution in [0.3, 0.4) is 0 Å². The fraction of sp³-hybridized carbons (Fsp3) is 0.750. The van der Waals surface area contributed by atoms with Crippen molar-refractivity contribution < 1.29 is 9.13 Å². The highest BCUT2D eigenvalue weighted by molar-refractivity contribution is 5.01. The van der Waals surface area contributed by atoms with Gasteiger partial charge in [0.2, 0.25) is 0 Å². The van der Waals surface area contributed by atoms with Gasteiger partial charge in [-0.2, -0.15) is 4.39 Å². The lowest BCUT2D eigenvalue weighted by Crippen LogP contribution is -2.34. The fourth-order valence-electron chi connectivity index (χ4n) is 1.08. The van der Waals surface area contributed by atoms with Crippen molar-refractivity contribution >= 4 is 0 Å². The van der Waals surface area contributed by atoms with Gasteiger partial charge in [-0.05, 0) is 19.4 Å². The Kier molecular flexibility index (Phi) is 2.88. The number of ether oxygens (including phenoxy) is 1. The number of allylic oxidation sites excluding steroid dienone is 1. The van der Waals surface area contributed by atoms with Crippen LogP contribution in [-0.2, 0) is 4.74 Å². The van der Waals surface area contributed by atoms with Crippen molar-refractivity contribution in [3.05, 3.63) is 11.5 Å². The molecule has 0 aromatic heterocycles. The van der Waals surface area contributed by atoms with Crippen LogP contribution >= 0.6 is 0 Å². The molecule has 64 valence electrons. The second-order valence-corrected chi connectivity index (χ2v) is 2.89. The molecule has 1 aliphatic heterocycles. The molecular weight excluding hydrogens is 145 g/mol. The van der Waals surface area contributed by atoms with Crippen molar-refractivity contribution in [1.82, 2.24) is 4.90 Å². The highest BCUT2D eigenvalue weighted by atomic mass is 19.1. The number of hydrogen-bond acceptors (Lipinski definition) is 2. The van der Waals surface area contributed by atoms with Crippen LogP contribution in [0.4, 0.5) is 4.39 Å². The van der Waals surface area contributed by atoms with Crippen molar-refractivity contribution in [3.8, 4) is 0 Å². The summed E-state index contributed by atoms with van der Waals surface area (Å²) >= 11 is 0. The van der Waals surface area contributed by atoms with Gasteiger partial charge in [-0.15, -0.1) is 0 Å². The first-order valence-corrected chi connectivity index (χ1v) is 3.87. The quantitative estimate of drug-likeness (QED) is 0.538. The zero-order valence-corrected chi connectivity index (χ0v) is 7.06. The highest BCUT2D eigenvalue weighted by Gasteiger charge is 2.13. The molecule has 1 fully saturated rings. The van der Waals surface area contributed by atoms with Crippen molar-refractivity contribution in [2.45, 2.75) is 13.8 Å². The molecule has 1 aliphatic rings. The normalized spacial score (nSPS) is 18.3. The van der Waals surface area contributed by atoms with E-state index in [1.165, 1.54) is 0 Å². The molecule has 2 nitrogen and oxygen atoms in total. The molecular formula is C8H14FNO. The Balaban J connectivity index is 2.52. The average molecular weight is 159 g/mol. The predicted molar refractivity (Wildman–Crippen MR) is 41.9 cm³/mol. The van der Waals surface area contributed by atoms with Gasteiger partial charge in [-0.3, -0.25) is 0 Å². The molecule has 3 heteroatoms. The van der Waals surface area contributed by atoms with Gasteiger partial charge in [0.05, 0.1) is 13.2 Å². The lowest BCUT2D eigenvalue weighted by Gasteiger charge is -2.27. The van der Waals surface area contributed by atoms with Crippen LogP contribution in [0.5, 0.6) is 0 Å². The number of rotatable bonds is 1. The van der Waals surface area contributed by atoms with E-state index in [0.717, 1.165) is 5.57 Å². The third-order valence-corrected chi connectivity index (χ3v) is 1.70. The third kappa shape index (κ3) is 2.19. The topological polar surface area (TPSA) is 12.5 Å². The van der Waals surface area contributed by atoms with Gasteiger partial charge < -0.3 is 9.64 Å². The van der Waals surface area contributed by atoms with E-state index in [1.54, 1.807) is 18.7 Å². The summed E-state index contributed by atoms with van der Waals surface area (Å²) in [5.41, 5.74) is 0.743. The maximum absolute atomic E-state index is 13.2. The van der Waals surface area contributed by atoms with Crippen molar-refractivity contribution in [2.24, 2.45) is 0 Å². The molecule has 0 spiro atoms. The van der Waals surface area contributed by atoms with Gasteiger partial charge in [0.25, 0.3) is 0 Å². The van der Waals surface area contributed by atoms with Crippen molar-refractivity contribution in [2.75, 3.05) is 26.3 Å². The van der Waals surface area contributed by atoms with E-state index in [4.69, 9.17) is 4.74 Å². The zero-order chi connectivity index (χ0) is 8.27. The summed E-state index contributed by atoms with van der Waals surface area (Å²) in [6, 6.07) is 0. The summed E-state index contributed by atoms with van der Waals surface area (Å²) in [5, 5.41) is 0. The maximum Gasteiger partial charge on any atom is 0.188 e. The number of nitrogens with zero attached hydrogens (tertiary/aromatic N) is 1. The molecule has 0 bridgehead atoms. The third-order valence-electron chi connectivity index (χ3n) is 1.70. The Morgan fingerprint density at radius 3 is 2.27 bits per heavy atom. The average Bonchev–Trinajstić information content (AvgIpc) is 2.05. The molecule has 0 atom stereocenters. The molecule has 0 amide bonds. The minimum absolute atomic E-state index is 0.0895. The van der Waals surface area contributed by atoms with Gasteiger partial charge in [-0.1, -0.05) is 0 Å². The van der Waals surface area contributed by atoms with E-state index >= 15 is 0 Å². The van der Waals surface area contributed by atoms with E-state index in [1.807, 2.05) is 0 Å². The lowest BCUT2D eigenvalue weighted by atomic mass is 10.3. The van der Waals surface area contributed by atoms with E-state index < -0.39 is 0 Å². The number of hydrogen-bond donors (Lipinski definition) is 0. The van der Waals surface area contributed by atoms with Crippen LogP contribution in [-0.4, -0.2) is 31.2 Å². The fourth-order valence-corrected chi connectivity index (χ4v) is 1.08. The Morgan fingerprint density at radius 2 is 1.82 bits per heavy atom. The molecule has 0 aromatic carbocycles. The summed E-state index contributed by atoms with van der Waals surface area (Å²) < 4.78 is 18.3. The molecule has 1 heterocycles. The largest absolute Gasteiger partial charge is 0.378 e. The molecule has 1 saturated heterocycles. The smallest absolute Gasteiger partial charge is 0.188 e. The molecule has 0 radical (unpaired) electrons. The zero-order valence-electron chi connectivity index (χ0n) is 7.06. The van der Waals surface area contributed by atoms with Crippen LogP contribution < -0.4 is 0 Å². The van der Waals surface area contributed by atoms with E-state index in [-0.39, 0.29) is 5.95 Å². The Labute approximate surface area is 66.6 Å². The second kappa shape index (κ2) is 3.72. The molecule has 0 aromatic rings. The van der Waals surface area contributed by atoms with Crippen LogP contribution in [0.2, 0.25) is 0 Å². The van der Waals surface area contributed by atoms with Crippen LogP contribution in [0.1, 0.15) is 13.8 Å². The summed E-state index contributed by atoms with van der Waals surface area (Å²) in [5.74, 6) is -0.0895. The van der Waals surface area contributed by atoms with E-state index in [2.05, 4.69) is 0 Å². The minimum Gasteiger partial charge on any atom is -0.378 e. The van der Waals surface area contributed by atoms with Crippen molar-refractivity contribution in [1.29, 1.82) is 0 Å². The Bertz CT molecular complexity index is 157. The molecule has 11 heavy (non-hydrogen) atoms. The van der Waals surface area contributed by atoms with Gasteiger partial charge in [0, 0.05) is 13.1 Å². The Morgan fingerprint density at radius 1 is 1.27 bits per heavy atom. The minimum atomic E-state index is -0.0895. The van der Waals surface area contributed by atoms with Gasteiger partial charge in [0.1, 0.15) is 0 Å². The first kappa shape index (κ1) is 8.53. The summed E-state index contributed by atoms with van der Waals surface area (Å²) in [4.78, 5) is 1.72. The molecule has 1 rings (SSSR count). The molecule has 0 saturated carbocycles. The van der Waals surface area contributed by atoms with Gasteiger partial charge in [0.15, 0.2) is 5.95 Å². The van der Waals surface area contributed by atoms with E-state index in [0.29, 0.717) is 26.3 Å². The first-order valence-electron chi connectivity index (χ1n) is 3.87. The maximum atomic E-state index is 13.2. The van der Waals surface area contributed by atoms with Crippen molar-refractivity contribution in [3.63, 3.8) is 0 Å². The molecule has 0 N–H and O–H groups in total. The van der Waals surface area contributed by atoms with E-state index in [9.17, 15) is 4.39 Å². The molecule has 0 aliphatic carbocycles. The molecule has 0 unspecified atom stereocenters. The van der Waals surface area contributed by atoms with Crippen LogP contribution in [0, 0.1) is 0 Å². The predicted octanol–water partition coefficient (Wildman–Crippen LogP) is 1.54. The Hall–Kier alpha value is -0.570. The summed E-state index contributed by atoms with van der Waals surface area (Å²) in [6.45, 7) is 6.20. The first-order chi connectivity index (χ1) is 5.22. The standard InChI is InChI=1S/C8H14FNO/c1-7(2)8(9)10-3-5-11-6-4-10/h3-6H2,1-2H3. The number of halogens is 1.